The fraction of sp³-hybridized carbons (Fsp3) is 0.0870. The van der Waals surface area contributed by atoms with Crippen molar-refractivity contribution in [1.82, 2.24) is 0 Å². The summed E-state index contributed by atoms with van der Waals surface area (Å²) in [6, 6.07) is 20.1. The number of halogens is 1. The second-order valence-corrected chi connectivity index (χ2v) is 6.73. The van der Waals surface area contributed by atoms with Gasteiger partial charge in [-0.2, -0.15) is 0 Å². The summed E-state index contributed by atoms with van der Waals surface area (Å²) in [5.41, 5.74) is 2.35. The lowest BCUT2D eigenvalue weighted by Gasteiger charge is -2.07. The molecule has 3 aromatic carbocycles. The van der Waals surface area contributed by atoms with Gasteiger partial charge in [-0.05, 0) is 53.6 Å². The summed E-state index contributed by atoms with van der Waals surface area (Å²) in [6.07, 6.45) is 1.71. The highest BCUT2D eigenvalue weighted by Crippen LogP contribution is 2.35. The first-order valence-electron chi connectivity index (χ1n) is 8.72. The minimum absolute atomic E-state index is 0.151. The van der Waals surface area contributed by atoms with E-state index >= 15 is 0 Å². The Hall–Kier alpha value is -3.24. The predicted octanol–water partition coefficient (Wildman–Crippen LogP) is 5.54. The topological polar surface area (TPSA) is 44.8 Å². The largest absolute Gasteiger partial charge is 0.497 e. The van der Waals surface area contributed by atoms with E-state index in [0.29, 0.717) is 28.7 Å². The number of allylic oxidation sites excluding steroid dienone is 1. The van der Waals surface area contributed by atoms with Crippen LogP contribution in [0.4, 0.5) is 0 Å². The van der Waals surface area contributed by atoms with Crippen molar-refractivity contribution in [2.75, 3.05) is 7.11 Å². The summed E-state index contributed by atoms with van der Waals surface area (Å²) in [7, 11) is 1.60. The molecule has 1 aliphatic heterocycles. The molecule has 0 spiro atoms. The highest BCUT2D eigenvalue weighted by atomic mass is 35.5. The summed E-state index contributed by atoms with van der Waals surface area (Å²) >= 11 is 5.89. The number of Topliss-reactive ketones (excluding diaryl/α,β-unsaturated/α-hetero) is 1. The van der Waals surface area contributed by atoms with Crippen LogP contribution in [0.3, 0.4) is 0 Å². The lowest BCUT2D eigenvalue weighted by Crippen LogP contribution is -1.98. The van der Waals surface area contributed by atoms with Crippen LogP contribution < -0.4 is 14.2 Å². The molecule has 0 amide bonds. The van der Waals surface area contributed by atoms with Gasteiger partial charge in [-0.1, -0.05) is 35.9 Å². The van der Waals surface area contributed by atoms with Crippen LogP contribution in [-0.4, -0.2) is 12.9 Å². The second-order valence-electron chi connectivity index (χ2n) is 6.29. The molecule has 0 aromatic heterocycles. The SMILES string of the molecule is COc1cccc(/C=C2\Oc3cc(OCc4ccc(Cl)cc4)ccc3C2=O)c1. The first-order chi connectivity index (χ1) is 13.6. The number of fused-ring (bicyclic) bond motifs is 1. The van der Waals surface area contributed by atoms with Crippen LogP contribution in [0.15, 0.2) is 72.5 Å². The van der Waals surface area contributed by atoms with Crippen LogP contribution in [0.2, 0.25) is 5.02 Å². The van der Waals surface area contributed by atoms with Gasteiger partial charge in [0, 0.05) is 11.1 Å². The maximum absolute atomic E-state index is 12.6. The Balaban J connectivity index is 1.50. The zero-order chi connectivity index (χ0) is 19.5. The van der Waals surface area contributed by atoms with Crippen LogP contribution in [0.25, 0.3) is 6.08 Å². The second kappa shape index (κ2) is 7.79. The van der Waals surface area contributed by atoms with Crippen molar-refractivity contribution >= 4 is 23.5 Å². The number of ether oxygens (including phenoxy) is 3. The van der Waals surface area contributed by atoms with E-state index in [1.54, 1.807) is 31.4 Å². The molecule has 28 heavy (non-hydrogen) atoms. The number of methoxy groups -OCH3 is 1. The summed E-state index contributed by atoms with van der Waals surface area (Å²) in [6.45, 7) is 0.399. The number of ketones is 1. The summed E-state index contributed by atoms with van der Waals surface area (Å²) in [5, 5.41) is 0.684. The molecule has 3 aromatic rings. The molecule has 4 nitrogen and oxygen atoms in total. The van der Waals surface area contributed by atoms with Gasteiger partial charge >= 0.3 is 0 Å². The third kappa shape index (κ3) is 3.87. The van der Waals surface area contributed by atoms with Crippen LogP contribution in [0, 0.1) is 0 Å². The minimum Gasteiger partial charge on any atom is -0.497 e. The molecular formula is C23H17ClO4. The maximum Gasteiger partial charge on any atom is 0.231 e. The van der Waals surface area contributed by atoms with Crippen molar-refractivity contribution in [3.63, 3.8) is 0 Å². The van der Waals surface area contributed by atoms with E-state index in [1.165, 1.54) is 0 Å². The molecule has 0 N–H and O–H groups in total. The van der Waals surface area contributed by atoms with E-state index in [2.05, 4.69) is 0 Å². The normalized spacial score (nSPS) is 13.9. The predicted molar refractivity (Wildman–Crippen MR) is 108 cm³/mol. The average Bonchev–Trinajstić information content (AvgIpc) is 3.02. The third-order valence-electron chi connectivity index (χ3n) is 4.35. The van der Waals surface area contributed by atoms with E-state index in [9.17, 15) is 4.79 Å². The van der Waals surface area contributed by atoms with Crippen molar-refractivity contribution in [2.45, 2.75) is 6.61 Å². The van der Waals surface area contributed by atoms with E-state index < -0.39 is 0 Å². The molecule has 0 aliphatic carbocycles. The van der Waals surface area contributed by atoms with Gasteiger partial charge in [-0.25, -0.2) is 0 Å². The molecular weight excluding hydrogens is 376 g/mol. The lowest BCUT2D eigenvalue weighted by atomic mass is 10.1. The standard InChI is InChI=1S/C23H17ClO4/c1-26-18-4-2-3-16(11-18)12-22-23(25)20-10-9-19(13-21(20)28-22)27-14-15-5-7-17(24)8-6-15/h2-13H,14H2,1H3/b22-12-. The van der Waals surface area contributed by atoms with E-state index in [1.807, 2.05) is 48.5 Å². The molecule has 1 aliphatic rings. The summed E-state index contributed by atoms with van der Waals surface area (Å²) < 4.78 is 16.8. The number of hydrogen-bond donors (Lipinski definition) is 0. The van der Waals surface area contributed by atoms with Crippen molar-refractivity contribution in [2.24, 2.45) is 0 Å². The van der Waals surface area contributed by atoms with E-state index in [0.717, 1.165) is 16.9 Å². The molecule has 0 unspecified atom stereocenters. The highest BCUT2D eigenvalue weighted by Gasteiger charge is 2.27. The number of benzene rings is 3. The Bertz CT molecular complexity index is 1050. The molecule has 4 rings (SSSR count). The van der Waals surface area contributed by atoms with Crippen LogP contribution in [0.5, 0.6) is 17.2 Å². The van der Waals surface area contributed by atoms with Crippen molar-refractivity contribution in [1.29, 1.82) is 0 Å². The fourth-order valence-corrected chi connectivity index (χ4v) is 3.01. The molecule has 0 fully saturated rings. The fourth-order valence-electron chi connectivity index (χ4n) is 2.89. The summed E-state index contributed by atoms with van der Waals surface area (Å²) in [5.74, 6) is 1.97. The van der Waals surface area contributed by atoms with Gasteiger partial charge in [-0.15, -0.1) is 0 Å². The Kier molecular flexibility index (Phi) is 5.04. The van der Waals surface area contributed by atoms with Crippen LogP contribution in [0.1, 0.15) is 21.5 Å². The Morgan fingerprint density at radius 1 is 1.00 bits per heavy atom. The van der Waals surface area contributed by atoms with Gasteiger partial charge < -0.3 is 14.2 Å². The molecule has 0 saturated heterocycles. The number of carbonyl (C=O) groups excluding carboxylic acids is 1. The minimum atomic E-state index is -0.151. The monoisotopic (exact) mass is 392 g/mol. The van der Waals surface area contributed by atoms with Gasteiger partial charge in [0.2, 0.25) is 5.78 Å². The smallest absolute Gasteiger partial charge is 0.231 e. The van der Waals surface area contributed by atoms with Crippen molar-refractivity contribution < 1.29 is 19.0 Å². The Morgan fingerprint density at radius 2 is 1.82 bits per heavy atom. The van der Waals surface area contributed by atoms with Crippen LogP contribution in [-0.2, 0) is 6.61 Å². The van der Waals surface area contributed by atoms with E-state index in [4.69, 9.17) is 25.8 Å². The highest BCUT2D eigenvalue weighted by molar-refractivity contribution is 6.30. The maximum atomic E-state index is 12.6. The van der Waals surface area contributed by atoms with Crippen molar-refractivity contribution in [3.05, 3.63) is 94.2 Å². The van der Waals surface area contributed by atoms with Gasteiger partial charge in [0.05, 0.1) is 12.7 Å². The zero-order valence-electron chi connectivity index (χ0n) is 15.1. The van der Waals surface area contributed by atoms with Crippen molar-refractivity contribution in [3.8, 4) is 17.2 Å². The zero-order valence-corrected chi connectivity index (χ0v) is 15.9. The molecule has 140 valence electrons. The Labute approximate surface area is 167 Å². The Morgan fingerprint density at radius 3 is 2.61 bits per heavy atom. The molecule has 0 saturated carbocycles. The number of hydrogen-bond acceptors (Lipinski definition) is 4. The molecule has 5 heteroatoms. The first-order valence-corrected chi connectivity index (χ1v) is 9.10. The number of rotatable bonds is 5. The average molecular weight is 393 g/mol. The lowest BCUT2D eigenvalue weighted by molar-refractivity contribution is 0.101. The first kappa shape index (κ1) is 18.1. The molecule has 1 heterocycles. The van der Waals surface area contributed by atoms with Gasteiger partial charge in [0.25, 0.3) is 0 Å². The van der Waals surface area contributed by atoms with Gasteiger partial charge in [0.1, 0.15) is 23.9 Å². The van der Waals surface area contributed by atoms with E-state index in [-0.39, 0.29) is 11.5 Å². The molecule has 0 bridgehead atoms. The van der Waals surface area contributed by atoms with Gasteiger partial charge in [0.15, 0.2) is 5.76 Å². The quantitative estimate of drug-likeness (QED) is 0.534. The molecule has 0 atom stereocenters. The number of carbonyl (C=O) groups is 1. The molecule has 0 radical (unpaired) electrons. The summed E-state index contributed by atoms with van der Waals surface area (Å²) in [4.78, 5) is 12.6. The van der Waals surface area contributed by atoms with Crippen LogP contribution >= 0.6 is 11.6 Å². The van der Waals surface area contributed by atoms with Gasteiger partial charge in [-0.3, -0.25) is 4.79 Å². The third-order valence-corrected chi connectivity index (χ3v) is 4.60.